The fourth-order valence-corrected chi connectivity index (χ4v) is 5.61. The lowest BCUT2D eigenvalue weighted by molar-refractivity contribution is -0.149. The van der Waals surface area contributed by atoms with E-state index in [1.165, 1.54) is 47.5 Å². The van der Waals surface area contributed by atoms with Gasteiger partial charge in [-0.05, 0) is 58.7 Å². The summed E-state index contributed by atoms with van der Waals surface area (Å²) in [7, 11) is 0. The lowest BCUT2D eigenvalue weighted by Crippen LogP contribution is -2.40. The van der Waals surface area contributed by atoms with E-state index in [1.807, 2.05) is 17.9 Å². The number of fused-ring (bicyclic) bond motifs is 1. The summed E-state index contributed by atoms with van der Waals surface area (Å²) in [6.07, 6.45) is 5.26. The highest BCUT2D eigenvalue weighted by Gasteiger charge is 2.29. The van der Waals surface area contributed by atoms with Gasteiger partial charge in [-0.25, -0.2) is 0 Å². The van der Waals surface area contributed by atoms with Crippen LogP contribution in [0.4, 0.5) is 0 Å². The van der Waals surface area contributed by atoms with E-state index in [1.54, 1.807) is 11.3 Å². The Balaban J connectivity index is 1.44. The molecule has 0 spiro atoms. The van der Waals surface area contributed by atoms with Gasteiger partial charge in [-0.1, -0.05) is 6.42 Å². The van der Waals surface area contributed by atoms with Crippen LogP contribution in [0.15, 0.2) is 6.07 Å². The molecule has 1 amide bonds. The zero-order chi connectivity index (χ0) is 20.4. The number of H-pyrrole nitrogens is 1. The van der Waals surface area contributed by atoms with Gasteiger partial charge in [-0.3, -0.25) is 14.5 Å². The maximum atomic E-state index is 13.0. The number of likely N-dealkylation sites (tertiary alicyclic amines) is 2. The summed E-state index contributed by atoms with van der Waals surface area (Å²) >= 11 is 1.77. The maximum absolute atomic E-state index is 13.0. The van der Waals surface area contributed by atoms with Gasteiger partial charge < -0.3 is 14.6 Å². The summed E-state index contributed by atoms with van der Waals surface area (Å²) in [5.74, 6) is -0.167. The van der Waals surface area contributed by atoms with Gasteiger partial charge >= 0.3 is 5.97 Å². The van der Waals surface area contributed by atoms with E-state index in [-0.39, 0.29) is 17.8 Å². The first-order chi connectivity index (χ1) is 14.1. The molecule has 7 heteroatoms. The van der Waals surface area contributed by atoms with Gasteiger partial charge in [-0.15, -0.1) is 11.3 Å². The van der Waals surface area contributed by atoms with Crippen LogP contribution in [0.25, 0.3) is 10.2 Å². The van der Waals surface area contributed by atoms with Crippen LogP contribution in [0.1, 0.15) is 60.0 Å². The molecule has 2 aliphatic rings. The molecule has 4 rings (SSSR count). The van der Waals surface area contributed by atoms with Crippen molar-refractivity contribution in [2.24, 2.45) is 5.92 Å². The Kier molecular flexibility index (Phi) is 6.25. The summed E-state index contributed by atoms with van der Waals surface area (Å²) < 4.78 is 6.29. The summed E-state index contributed by atoms with van der Waals surface area (Å²) in [5, 5.41) is 0. The normalized spacial score (nSPS) is 19.0. The Bertz CT molecular complexity index is 873. The third-order valence-corrected chi connectivity index (χ3v) is 7.33. The quantitative estimate of drug-likeness (QED) is 0.749. The lowest BCUT2D eigenvalue weighted by atomic mass is 9.97. The average Bonchev–Trinajstić information content (AvgIpc) is 3.27. The number of nitrogens with one attached hydrogen (secondary N) is 1. The van der Waals surface area contributed by atoms with Crippen LogP contribution in [0.3, 0.4) is 0 Å². The second kappa shape index (κ2) is 8.88. The molecule has 2 aromatic heterocycles. The zero-order valence-corrected chi connectivity index (χ0v) is 18.3. The van der Waals surface area contributed by atoms with E-state index in [0.29, 0.717) is 38.2 Å². The number of esters is 1. The summed E-state index contributed by atoms with van der Waals surface area (Å²) in [4.78, 5) is 34.1. The highest BCUT2D eigenvalue weighted by Crippen LogP contribution is 2.33. The number of carbonyl (C=O) groups excluding carboxylic acids is 2. The molecule has 2 aromatic rings. The molecule has 29 heavy (non-hydrogen) atoms. The molecule has 0 aromatic carbocycles. The van der Waals surface area contributed by atoms with E-state index in [9.17, 15) is 9.59 Å². The Morgan fingerprint density at radius 1 is 1.17 bits per heavy atom. The first-order valence-corrected chi connectivity index (χ1v) is 11.7. The van der Waals surface area contributed by atoms with Crippen molar-refractivity contribution in [3.63, 3.8) is 0 Å². The number of ether oxygens (including phenoxy) is 1. The van der Waals surface area contributed by atoms with Crippen molar-refractivity contribution in [2.45, 2.75) is 52.5 Å². The number of nitrogens with zero attached hydrogens (tertiary/aromatic N) is 2. The number of carbonyl (C=O) groups is 2. The molecular weight excluding hydrogens is 386 g/mol. The van der Waals surface area contributed by atoms with Crippen LogP contribution in [0.2, 0.25) is 0 Å². The number of aryl methyl sites for hydroxylation is 1. The van der Waals surface area contributed by atoms with Gasteiger partial charge in [0.2, 0.25) is 0 Å². The predicted molar refractivity (Wildman–Crippen MR) is 115 cm³/mol. The van der Waals surface area contributed by atoms with E-state index in [4.69, 9.17) is 4.74 Å². The summed E-state index contributed by atoms with van der Waals surface area (Å²) in [6.45, 7) is 8.93. The van der Waals surface area contributed by atoms with Crippen molar-refractivity contribution in [1.82, 2.24) is 14.8 Å². The minimum atomic E-state index is -0.127. The minimum absolute atomic E-state index is 0.0392. The maximum Gasteiger partial charge on any atom is 0.309 e. The molecule has 0 unspecified atom stereocenters. The number of thiophene rings is 1. The number of aromatic nitrogens is 1. The van der Waals surface area contributed by atoms with E-state index < -0.39 is 0 Å². The third-order valence-electron chi connectivity index (χ3n) is 6.23. The zero-order valence-electron chi connectivity index (χ0n) is 17.5. The first kappa shape index (κ1) is 20.4. The molecule has 6 nitrogen and oxygen atoms in total. The molecule has 0 bridgehead atoms. The second-order valence-corrected chi connectivity index (χ2v) is 9.47. The molecule has 0 radical (unpaired) electrons. The number of hydrogen-bond donors (Lipinski definition) is 1. The SMILES string of the molecule is CCOC(=O)C1CCN(C(=O)c2cc3sc(C)c(CN4CCCCC4)c3[nH]2)CC1. The topological polar surface area (TPSA) is 65.6 Å². The molecule has 2 fully saturated rings. The molecule has 2 aliphatic heterocycles. The van der Waals surface area contributed by atoms with Gasteiger partial charge in [-0.2, -0.15) is 0 Å². The molecule has 158 valence electrons. The lowest BCUT2D eigenvalue weighted by Gasteiger charge is -2.30. The van der Waals surface area contributed by atoms with Gasteiger partial charge in [0.25, 0.3) is 5.91 Å². The fourth-order valence-electron chi connectivity index (χ4n) is 4.54. The van der Waals surface area contributed by atoms with Crippen molar-refractivity contribution in [3.05, 3.63) is 22.2 Å². The number of aromatic amines is 1. The molecular formula is C22H31N3O3S. The predicted octanol–water partition coefficient (Wildman–Crippen LogP) is 3.94. The Morgan fingerprint density at radius 3 is 2.59 bits per heavy atom. The summed E-state index contributed by atoms with van der Waals surface area (Å²) in [5.41, 5.74) is 3.13. The number of amides is 1. The monoisotopic (exact) mass is 417 g/mol. The van der Waals surface area contributed by atoms with Gasteiger partial charge in [0.1, 0.15) is 5.69 Å². The molecule has 2 saturated heterocycles. The van der Waals surface area contributed by atoms with E-state index in [2.05, 4.69) is 16.8 Å². The third kappa shape index (κ3) is 4.36. The Hall–Kier alpha value is -1.86. The highest BCUT2D eigenvalue weighted by atomic mass is 32.1. The van der Waals surface area contributed by atoms with Gasteiger partial charge in [0.05, 0.1) is 22.7 Å². The molecule has 0 aliphatic carbocycles. The number of hydrogen-bond acceptors (Lipinski definition) is 5. The van der Waals surface area contributed by atoms with Gasteiger partial charge in [0, 0.05) is 30.1 Å². The Labute approximate surface area is 176 Å². The van der Waals surface area contributed by atoms with Gasteiger partial charge in [0.15, 0.2) is 0 Å². The van der Waals surface area contributed by atoms with E-state index >= 15 is 0 Å². The molecule has 0 saturated carbocycles. The average molecular weight is 418 g/mol. The van der Waals surface area contributed by atoms with E-state index in [0.717, 1.165) is 12.1 Å². The van der Waals surface area contributed by atoms with Crippen LogP contribution in [0.5, 0.6) is 0 Å². The van der Waals surface area contributed by atoms with Crippen LogP contribution >= 0.6 is 11.3 Å². The molecule has 4 heterocycles. The van der Waals surface area contributed by atoms with Crippen LogP contribution in [-0.4, -0.2) is 59.4 Å². The molecule has 1 N–H and O–H groups in total. The van der Waals surface area contributed by atoms with Crippen molar-refractivity contribution < 1.29 is 14.3 Å². The van der Waals surface area contributed by atoms with Crippen molar-refractivity contribution in [1.29, 1.82) is 0 Å². The standard InChI is InChI=1S/C22H31N3O3S/c1-3-28-22(27)16-7-11-25(12-8-16)21(26)18-13-19-20(23-18)17(15(2)29-19)14-24-9-5-4-6-10-24/h13,16,23H,3-12,14H2,1-2H3. The largest absolute Gasteiger partial charge is 0.466 e. The number of rotatable bonds is 5. The van der Waals surface area contributed by atoms with Crippen LogP contribution in [-0.2, 0) is 16.1 Å². The van der Waals surface area contributed by atoms with Crippen LogP contribution < -0.4 is 0 Å². The number of piperidine rings is 2. The van der Waals surface area contributed by atoms with Crippen molar-refractivity contribution in [2.75, 3.05) is 32.8 Å². The van der Waals surface area contributed by atoms with Crippen LogP contribution in [0, 0.1) is 12.8 Å². The smallest absolute Gasteiger partial charge is 0.309 e. The minimum Gasteiger partial charge on any atom is -0.466 e. The first-order valence-electron chi connectivity index (χ1n) is 10.9. The highest BCUT2D eigenvalue weighted by molar-refractivity contribution is 7.19. The Morgan fingerprint density at radius 2 is 1.90 bits per heavy atom. The van der Waals surface area contributed by atoms with Crippen molar-refractivity contribution in [3.8, 4) is 0 Å². The fraction of sp³-hybridized carbons (Fsp3) is 0.636. The summed E-state index contributed by atoms with van der Waals surface area (Å²) in [6, 6.07) is 2.01. The molecule has 0 atom stereocenters. The van der Waals surface area contributed by atoms with Crippen molar-refractivity contribution >= 4 is 33.4 Å². The second-order valence-electron chi connectivity index (χ2n) is 8.21.